The first-order valence-electron chi connectivity index (χ1n) is 4.12. The first-order valence-corrected chi connectivity index (χ1v) is 4.12. The molecule has 1 amide bonds. The van der Waals surface area contributed by atoms with Crippen LogP contribution in [0.5, 0.6) is 0 Å². The highest BCUT2D eigenvalue weighted by atomic mass is 16.6. The Labute approximate surface area is 75.9 Å². The van der Waals surface area contributed by atoms with Gasteiger partial charge in [-0.3, -0.25) is 4.79 Å². The van der Waals surface area contributed by atoms with Gasteiger partial charge >= 0.3 is 0 Å². The maximum absolute atomic E-state index is 11.2. The summed E-state index contributed by atoms with van der Waals surface area (Å²) in [5.74, 6) is -0.164. The number of nitrogens with zero attached hydrogens (tertiary/aromatic N) is 1. The van der Waals surface area contributed by atoms with Crippen molar-refractivity contribution >= 4 is 5.91 Å². The van der Waals surface area contributed by atoms with Gasteiger partial charge in [-0.05, 0) is 12.1 Å². The van der Waals surface area contributed by atoms with Crippen LogP contribution in [0.3, 0.4) is 0 Å². The second-order valence-electron chi connectivity index (χ2n) is 2.85. The van der Waals surface area contributed by atoms with Gasteiger partial charge in [0.2, 0.25) is 0 Å². The predicted octanol–water partition coefficient (Wildman–Crippen LogP) is 0.512. The van der Waals surface area contributed by atoms with Crippen LogP contribution in [0.4, 0.5) is 0 Å². The largest absolute Gasteiger partial charge is 0.366 e. The van der Waals surface area contributed by atoms with E-state index in [1.54, 1.807) is 13.1 Å². The average Bonchev–Trinajstić information content (AvgIpc) is 3.00. The molecule has 1 unspecified atom stereocenters. The highest BCUT2D eigenvalue weighted by Gasteiger charge is 2.26. The van der Waals surface area contributed by atoms with E-state index in [9.17, 15) is 4.79 Å². The zero-order chi connectivity index (χ0) is 9.26. The predicted molar refractivity (Wildman–Crippen MR) is 46.3 cm³/mol. The number of amides is 1. The molecule has 0 aliphatic carbocycles. The summed E-state index contributed by atoms with van der Waals surface area (Å²) < 4.78 is 5.07. The quantitative estimate of drug-likeness (QED) is 0.671. The van der Waals surface area contributed by atoms with Crippen molar-refractivity contribution in [2.24, 2.45) is 0 Å². The molecule has 13 heavy (non-hydrogen) atoms. The van der Waals surface area contributed by atoms with Crippen molar-refractivity contribution in [2.75, 3.05) is 13.7 Å². The molecule has 1 N–H and O–H groups in total. The van der Waals surface area contributed by atoms with Crippen LogP contribution < -0.4 is 5.32 Å². The van der Waals surface area contributed by atoms with Crippen LogP contribution in [0, 0.1) is 0 Å². The SMILES string of the molecule is CNC(=O)c1cccc(C2CO2)n1. The number of carbonyl (C=O) groups excluding carboxylic acids is 1. The lowest BCUT2D eigenvalue weighted by Crippen LogP contribution is -2.19. The lowest BCUT2D eigenvalue weighted by molar-refractivity contribution is 0.0958. The van der Waals surface area contributed by atoms with Gasteiger partial charge in [-0.25, -0.2) is 4.98 Å². The van der Waals surface area contributed by atoms with Gasteiger partial charge in [-0.1, -0.05) is 6.07 Å². The topological polar surface area (TPSA) is 54.5 Å². The van der Waals surface area contributed by atoms with Gasteiger partial charge in [-0.15, -0.1) is 0 Å². The third kappa shape index (κ3) is 1.67. The Bertz CT molecular complexity index is 334. The van der Waals surface area contributed by atoms with E-state index in [4.69, 9.17) is 4.74 Å². The lowest BCUT2D eigenvalue weighted by Gasteiger charge is -2.00. The maximum atomic E-state index is 11.2. The van der Waals surface area contributed by atoms with E-state index >= 15 is 0 Å². The van der Waals surface area contributed by atoms with Gasteiger partial charge in [0.25, 0.3) is 5.91 Å². The molecular formula is C9H10N2O2. The molecule has 0 bridgehead atoms. The number of epoxide rings is 1. The van der Waals surface area contributed by atoms with E-state index in [-0.39, 0.29) is 12.0 Å². The fraction of sp³-hybridized carbons (Fsp3) is 0.333. The van der Waals surface area contributed by atoms with Crippen LogP contribution >= 0.6 is 0 Å². The summed E-state index contributed by atoms with van der Waals surface area (Å²) in [5, 5.41) is 2.53. The van der Waals surface area contributed by atoms with Crippen molar-refractivity contribution in [2.45, 2.75) is 6.10 Å². The van der Waals surface area contributed by atoms with Crippen molar-refractivity contribution < 1.29 is 9.53 Å². The van der Waals surface area contributed by atoms with Gasteiger partial charge in [0, 0.05) is 7.05 Å². The number of pyridine rings is 1. The summed E-state index contributed by atoms with van der Waals surface area (Å²) in [6.45, 7) is 0.712. The fourth-order valence-corrected chi connectivity index (χ4v) is 1.10. The van der Waals surface area contributed by atoms with E-state index < -0.39 is 0 Å². The molecule has 68 valence electrons. The Balaban J connectivity index is 2.26. The van der Waals surface area contributed by atoms with E-state index in [0.29, 0.717) is 12.3 Å². The summed E-state index contributed by atoms with van der Waals surface area (Å²) in [7, 11) is 1.59. The summed E-state index contributed by atoms with van der Waals surface area (Å²) in [5.41, 5.74) is 1.27. The van der Waals surface area contributed by atoms with E-state index in [0.717, 1.165) is 5.69 Å². The molecule has 2 heterocycles. The number of hydrogen-bond acceptors (Lipinski definition) is 3. The third-order valence-corrected chi connectivity index (χ3v) is 1.89. The Morgan fingerprint density at radius 2 is 2.46 bits per heavy atom. The van der Waals surface area contributed by atoms with Crippen molar-refractivity contribution in [3.8, 4) is 0 Å². The number of carbonyl (C=O) groups is 1. The molecule has 0 aromatic carbocycles. The number of aromatic nitrogens is 1. The Morgan fingerprint density at radius 1 is 1.69 bits per heavy atom. The monoisotopic (exact) mass is 178 g/mol. The second-order valence-corrected chi connectivity index (χ2v) is 2.85. The standard InChI is InChI=1S/C9H10N2O2/c1-10-9(12)7-4-2-3-6(11-7)8-5-13-8/h2-4,8H,5H2,1H3,(H,10,12). The summed E-state index contributed by atoms with van der Waals surface area (Å²) in [4.78, 5) is 15.4. The second kappa shape index (κ2) is 3.14. The number of ether oxygens (including phenoxy) is 1. The maximum Gasteiger partial charge on any atom is 0.269 e. The van der Waals surface area contributed by atoms with Crippen LogP contribution in [0.2, 0.25) is 0 Å². The van der Waals surface area contributed by atoms with Gasteiger partial charge in [0.1, 0.15) is 11.8 Å². The molecule has 2 rings (SSSR count). The van der Waals surface area contributed by atoms with Gasteiger partial charge in [-0.2, -0.15) is 0 Å². The first-order chi connectivity index (χ1) is 6.31. The molecule has 1 fully saturated rings. The van der Waals surface area contributed by atoms with Crippen molar-refractivity contribution in [1.82, 2.24) is 10.3 Å². The highest BCUT2D eigenvalue weighted by Crippen LogP contribution is 2.27. The van der Waals surface area contributed by atoms with Crippen LogP contribution in [0.1, 0.15) is 22.3 Å². The highest BCUT2D eigenvalue weighted by molar-refractivity contribution is 5.91. The molecule has 4 nitrogen and oxygen atoms in total. The molecule has 1 aliphatic rings. The Morgan fingerprint density at radius 3 is 3.08 bits per heavy atom. The average molecular weight is 178 g/mol. The molecule has 0 spiro atoms. The van der Waals surface area contributed by atoms with Gasteiger partial charge < -0.3 is 10.1 Å². The Hall–Kier alpha value is -1.42. The van der Waals surface area contributed by atoms with Crippen molar-refractivity contribution in [3.05, 3.63) is 29.6 Å². The normalized spacial score (nSPS) is 19.6. The molecule has 1 aromatic rings. The number of hydrogen-bond donors (Lipinski definition) is 1. The summed E-state index contributed by atoms with van der Waals surface area (Å²) in [6, 6.07) is 5.36. The van der Waals surface area contributed by atoms with Crippen LogP contribution in [0.15, 0.2) is 18.2 Å². The van der Waals surface area contributed by atoms with Gasteiger partial charge in [0.05, 0.1) is 12.3 Å². The molecule has 1 aromatic heterocycles. The third-order valence-electron chi connectivity index (χ3n) is 1.89. The number of rotatable bonds is 2. The molecular weight excluding hydrogens is 168 g/mol. The van der Waals surface area contributed by atoms with E-state index in [1.165, 1.54) is 0 Å². The Kier molecular flexibility index (Phi) is 1.98. The minimum atomic E-state index is -0.164. The van der Waals surface area contributed by atoms with Crippen LogP contribution in [-0.2, 0) is 4.74 Å². The molecule has 4 heteroatoms. The van der Waals surface area contributed by atoms with Crippen molar-refractivity contribution in [3.63, 3.8) is 0 Å². The smallest absolute Gasteiger partial charge is 0.269 e. The van der Waals surface area contributed by atoms with E-state index in [1.807, 2.05) is 12.1 Å². The van der Waals surface area contributed by atoms with Crippen LogP contribution in [0.25, 0.3) is 0 Å². The molecule has 1 saturated heterocycles. The summed E-state index contributed by atoms with van der Waals surface area (Å²) in [6.07, 6.45) is 0.101. The minimum Gasteiger partial charge on any atom is -0.366 e. The van der Waals surface area contributed by atoms with Crippen LogP contribution in [-0.4, -0.2) is 24.5 Å². The molecule has 1 aliphatic heterocycles. The fourth-order valence-electron chi connectivity index (χ4n) is 1.10. The zero-order valence-electron chi connectivity index (χ0n) is 7.28. The summed E-state index contributed by atoms with van der Waals surface area (Å²) >= 11 is 0. The van der Waals surface area contributed by atoms with Gasteiger partial charge in [0.15, 0.2) is 0 Å². The zero-order valence-corrected chi connectivity index (χ0v) is 7.28. The minimum absolute atomic E-state index is 0.101. The molecule has 0 radical (unpaired) electrons. The molecule has 1 atom stereocenters. The lowest BCUT2D eigenvalue weighted by atomic mass is 10.2. The molecule has 0 saturated carbocycles. The van der Waals surface area contributed by atoms with E-state index in [2.05, 4.69) is 10.3 Å². The number of nitrogens with one attached hydrogen (secondary N) is 1. The first kappa shape index (κ1) is 8.19. The van der Waals surface area contributed by atoms with Crippen molar-refractivity contribution in [1.29, 1.82) is 0 Å².